The molecule has 1 aliphatic rings. The van der Waals surface area contributed by atoms with E-state index >= 15 is 0 Å². The van der Waals surface area contributed by atoms with Crippen LogP contribution < -0.4 is 9.47 Å². The van der Waals surface area contributed by atoms with Gasteiger partial charge in [0.25, 0.3) is 0 Å². The Morgan fingerprint density at radius 3 is 2.70 bits per heavy atom. The van der Waals surface area contributed by atoms with E-state index in [1.54, 1.807) is 20.4 Å². The fourth-order valence-electron chi connectivity index (χ4n) is 3.00. The molecule has 3 heterocycles. The fourth-order valence-corrected chi connectivity index (χ4v) is 3.00. The number of rotatable bonds is 5. The number of aromatic nitrogens is 3. The van der Waals surface area contributed by atoms with Gasteiger partial charge in [0.1, 0.15) is 5.75 Å². The SMILES string of the molecule is COc1ccc(C2CCCN2Cc2cnc(OC)nc2C)nc1. The third-order valence-electron chi connectivity index (χ3n) is 4.31. The number of methoxy groups -OCH3 is 2. The van der Waals surface area contributed by atoms with E-state index in [-0.39, 0.29) is 0 Å². The van der Waals surface area contributed by atoms with Gasteiger partial charge in [-0.25, -0.2) is 9.97 Å². The van der Waals surface area contributed by atoms with Crippen molar-refractivity contribution in [2.45, 2.75) is 32.4 Å². The molecule has 0 saturated carbocycles. The van der Waals surface area contributed by atoms with Gasteiger partial charge in [-0.2, -0.15) is 0 Å². The zero-order valence-corrected chi connectivity index (χ0v) is 13.8. The highest BCUT2D eigenvalue weighted by atomic mass is 16.5. The fraction of sp³-hybridized carbons (Fsp3) is 0.471. The van der Waals surface area contributed by atoms with Gasteiger partial charge in [0, 0.05) is 24.0 Å². The van der Waals surface area contributed by atoms with Crippen molar-refractivity contribution in [2.75, 3.05) is 20.8 Å². The van der Waals surface area contributed by atoms with Gasteiger partial charge < -0.3 is 9.47 Å². The molecule has 0 amide bonds. The average molecular weight is 314 g/mol. The Morgan fingerprint density at radius 1 is 1.17 bits per heavy atom. The van der Waals surface area contributed by atoms with Crippen LogP contribution in [0.15, 0.2) is 24.5 Å². The third kappa shape index (κ3) is 3.42. The summed E-state index contributed by atoms with van der Waals surface area (Å²) in [7, 11) is 3.24. The van der Waals surface area contributed by atoms with Crippen molar-refractivity contribution in [1.82, 2.24) is 19.9 Å². The minimum absolute atomic E-state index is 0.336. The van der Waals surface area contributed by atoms with E-state index in [4.69, 9.17) is 9.47 Å². The van der Waals surface area contributed by atoms with E-state index in [1.165, 1.54) is 6.42 Å². The predicted molar refractivity (Wildman–Crippen MR) is 86.5 cm³/mol. The molecule has 0 aromatic carbocycles. The van der Waals surface area contributed by atoms with Crippen LogP contribution in [0.5, 0.6) is 11.8 Å². The number of nitrogens with zero attached hydrogens (tertiary/aromatic N) is 4. The molecule has 1 saturated heterocycles. The minimum Gasteiger partial charge on any atom is -0.495 e. The number of hydrogen-bond acceptors (Lipinski definition) is 6. The van der Waals surface area contributed by atoms with Gasteiger partial charge in [-0.05, 0) is 38.4 Å². The molecular weight excluding hydrogens is 292 g/mol. The lowest BCUT2D eigenvalue weighted by atomic mass is 10.1. The molecule has 0 spiro atoms. The summed E-state index contributed by atoms with van der Waals surface area (Å²) < 4.78 is 10.3. The number of ether oxygens (including phenoxy) is 2. The summed E-state index contributed by atoms with van der Waals surface area (Å²) in [6, 6.07) is 4.78. The van der Waals surface area contributed by atoms with Crippen LogP contribution in [-0.4, -0.2) is 40.6 Å². The first kappa shape index (κ1) is 15.7. The Balaban J connectivity index is 1.76. The van der Waals surface area contributed by atoms with E-state index in [1.807, 2.05) is 19.2 Å². The smallest absolute Gasteiger partial charge is 0.316 e. The van der Waals surface area contributed by atoms with Gasteiger partial charge in [-0.15, -0.1) is 0 Å². The topological polar surface area (TPSA) is 60.4 Å². The summed E-state index contributed by atoms with van der Waals surface area (Å²) >= 11 is 0. The summed E-state index contributed by atoms with van der Waals surface area (Å²) in [5, 5.41) is 0. The molecule has 1 fully saturated rings. The zero-order chi connectivity index (χ0) is 16.2. The lowest BCUT2D eigenvalue weighted by Gasteiger charge is -2.24. The van der Waals surface area contributed by atoms with Gasteiger partial charge in [-0.1, -0.05) is 0 Å². The highest BCUT2D eigenvalue weighted by Crippen LogP contribution is 2.32. The van der Waals surface area contributed by atoms with Crippen molar-refractivity contribution in [3.8, 4) is 11.8 Å². The predicted octanol–water partition coefficient (Wildman–Crippen LogP) is 2.53. The molecule has 0 aliphatic carbocycles. The maximum Gasteiger partial charge on any atom is 0.316 e. The first-order chi connectivity index (χ1) is 11.2. The Hall–Kier alpha value is -2.21. The number of pyridine rings is 1. The maximum absolute atomic E-state index is 5.19. The highest BCUT2D eigenvalue weighted by Gasteiger charge is 2.27. The normalized spacial score (nSPS) is 18.1. The van der Waals surface area contributed by atoms with E-state index in [2.05, 4.69) is 25.9 Å². The monoisotopic (exact) mass is 314 g/mol. The molecule has 2 aromatic rings. The van der Waals surface area contributed by atoms with Gasteiger partial charge in [-0.3, -0.25) is 9.88 Å². The van der Waals surface area contributed by atoms with Gasteiger partial charge in [0.15, 0.2) is 0 Å². The van der Waals surface area contributed by atoms with Crippen molar-refractivity contribution in [3.63, 3.8) is 0 Å². The molecule has 1 aliphatic heterocycles. The Bertz CT molecular complexity index is 660. The second-order valence-corrected chi connectivity index (χ2v) is 5.72. The van der Waals surface area contributed by atoms with Crippen LogP contribution in [0.3, 0.4) is 0 Å². The van der Waals surface area contributed by atoms with Crippen LogP contribution in [-0.2, 0) is 6.54 Å². The highest BCUT2D eigenvalue weighted by molar-refractivity contribution is 5.23. The number of hydrogen-bond donors (Lipinski definition) is 0. The minimum atomic E-state index is 0.336. The Labute approximate surface area is 136 Å². The molecule has 1 atom stereocenters. The van der Waals surface area contributed by atoms with Crippen molar-refractivity contribution < 1.29 is 9.47 Å². The second kappa shape index (κ2) is 6.91. The first-order valence-electron chi connectivity index (χ1n) is 7.81. The average Bonchev–Trinajstić information content (AvgIpc) is 3.05. The second-order valence-electron chi connectivity index (χ2n) is 5.72. The molecule has 0 bridgehead atoms. The standard InChI is InChI=1S/C17H22N4O2/c1-12-13(9-19-17(20-12)23-3)11-21-8-4-5-16(21)15-7-6-14(22-2)10-18-15/h6-7,9-10,16H,4-5,8,11H2,1-3H3. The van der Waals surface area contributed by atoms with Gasteiger partial charge in [0.05, 0.1) is 32.2 Å². The van der Waals surface area contributed by atoms with Crippen LogP contribution in [0.2, 0.25) is 0 Å². The first-order valence-corrected chi connectivity index (χ1v) is 7.81. The lowest BCUT2D eigenvalue weighted by Crippen LogP contribution is -2.24. The van der Waals surface area contributed by atoms with Crippen LogP contribution in [0.25, 0.3) is 0 Å². The van der Waals surface area contributed by atoms with Crippen molar-refractivity contribution in [3.05, 3.63) is 41.5 Å². The molecule has 3 rings (SSSR count). The van der Waals surface area contributed by atoms with Gasteiger partial charge in [0.2, 0.25) is 0 Å². The quantitative estimate of drug-likeness (QED) is 0.845. The number of likely N-dealkylation sites (tertiary alicyclic amines) is 1. The van der Waals surface area contributed by atoms with Gasteiger partial charge >= 0.3 is 6.01 Å². The van der Waals surface area contributed by atoms with Crippen LogP contribution >= 0.6 is 0 Å². The molecule has 2 aromatic heterocycles. The molecule has 6 heteroatoms. The summed E-state index contributed by atoms with van der Waals surface area (Å²) in [5.41, 5.74) is 3.19. The van der Waals surface area contributed by atoms with E-state index in [0.29, 0.717) is 12.1 Å². The van der Waals surface area contributed by atoms with Crippen molar-refractivity contribution in [1.29, 1.82) is 0 Å². The van der Waals surface area contributed by atoms with Crippen molar-refractivity contribution >= 4 is 0 Å². The van der Waals surface area contributed by atoms with Crippen LogP contribution in [0.4, 0.5) is 0 Å². The molecule has 23 heavy (non-hydrogen) atoms. The molecule has 1 unspecified atom stereocenters. The molecular formula is C17H22N4O2. The van der Waals surface area contributed by atoms with Crippen molar-refractivity contribution in [2.24, 2.45) is 0 Å². The summed E-state index contributed by atoms with van der Waals surface area (Å²) in [5.74, 6) is 0.790. The maximum atomic E-state index is 5.19. The zero-order valence-electron chi connectivity index (χ0n) is 13.8. The lowest BCUT2D eigenvalue weighted by molar-refractivity contribution is 0.242. The summed E-state index contributed by atoms with van der Waals surface area (Å²) in [4.78, 5) is 15.6. The summed E-state index contributed by atoms with van der Waals surface area (Å²) in [6.45, 7) is 3.88. The van der Waals surface area contributed by atoms with Crippen LogP contribution in [0.1, 0.15) is 35.8 Å². The van der Waals surface area contributed by atoms with Crippen LogP contribution in [0, 0.1) is 6.92 Å². The Kier molecular flexibility index (Phi) is 4.71. The summed E-state index contributed by atoms with van der Waals surface area (Å²) in [6.07, 6.45) is 5.94. The molecule has 0 N–H and O–H groups in total. The number of aryl methyl sites for hydroxylation is 1. The third-order valence-corrected chi connectivity index (χ3v) is 4.31. The largest absolute Gasteiger partial charge is 0.495 e. The molecule has 122 valence electrons. The van der Waals surface area contributed by atoms with E-state index < -0.39 is 0 Å². The Morgan fingerprint density at radius 2 is 2.04 bits per heavy atom. The van der Waals surface area contributed by atoms with E-state index in [9.17, 15) is 0 Å². The molecule has 0 radical (unpaired) electrons. The van der Waals surface area contributed by atoms with E-state index in [0.717, 1.165) is 42.2 Å². The molecule has 6 nitrogen and oxygen atoms in total.